The molecule has 1 saturated heterocycles. The SMILES string of the molecule is C=C1CCO[C@]12CC[C@H]1[C@@H]3CCC4=CC(=O)CCC4=C3[C@@H](c3ccc(P(=O)(c4ccccc4)c4ccccc4)cc3)C[C@@]12C. The van der Waals surface area contributed by atoms with Gasteiger partial charge in [-0.05, 0) is 85.1 Å². The highest BCUT2D eigenvalue weighted by atomic mass is 31.2. The summed E-state index contributed by atoms with van der Waals surface area (Å²) in [5.41, 5.74) is 6.68. The number of ketones is 1. The summed E-state index contributed by atoms with van der Waals surface area (Å²) in [5.74, 6) is 1.57. The summed E-state index contributed by atoms with van der Waals surface area (Å²) in [7, 11) is -3.05. The lowest BCUT2D eigenvalue weighted by Crippen LogP contribution is -2.52. The Balaban J connectivity index is 1.26. The Bertz CT molecular complexity index is 1710. The molecule has 3 fully saturated rings. The van der Waals surface area contributed by atoms with Crippen LogP contribution in [0, 0.1) is 17.3 Å². The molecule has 5 aliphatic rings. The van der Waals surface area contributed by atoms with Gasteiger partial charge in [0.2, 0.25) is 0 Å². The molecule has 3 aromatic carbocycles. The Hall–Kier alpha value is -3.26. The summed E-state index contributed by atoms with van der Waals surface area (Å²) in [6.07, 6.45) is 9.75. The molecular formula is C40H41O3P. The first-order valence-electron chi connectivity index (χ1n) is 16.5. The molecule has 4 aliphatic carbocycles. The zero-order chi connectivity index (χ0) is 30.1. The third-order valence-electron chi connectivity index (χ3n) is 12.1. The van der Waals surface area contributed by atoms with Crippen molar-refractivity contribution in [1.82, 2.24) is 0 Å². The lowest BCUT2D eigenvalue weighted by Gasteiger charge is -2.55. The van der Waals surface area contributed by atoms with Crippen molar-refractivity contribution in [3.05, 3.63) is 125 Å². The van der Waals surface area contributed by atoms with E-state index in [9.17, 15) is 4.79 Å². The fraction of sp³-hybridized carbons (Fsp3) is 0.375. The van der Waals surface area contributed by atoms with Crippen LogP contribution in [0.25, 0.3) is 0 Å². The van der Waals surface area contributed by atoms with Gasteiger partial charge in [-0.3, -0.25) is 4.79 Å². The molecule has 3 aromatic rings. The summed E-state index contributed by atoms with van der Waals surface area (Å²) in [6.45, 7) is 7.86. The van der Waals surface area contributed by atoms with E-state index < -0.39 is 7.14 Å². The van der Waals surface area contributed by atoms with Gasteiger partial charge >= 0.3 is 0 Å². The second-order valence-electron chi connectivity index (χ2n) is 13.9. The standard InChI is InChI=1S/C40H41O3P/c1-27-22-24-43-40(27)23-21-37-35-19-15-29-25-30(41)16-20-34(29)38(35)36(26-39(37,40)2)28-13-17-33(18-14-28)44(42,31-9-5-3-6-10-31)32-11-7-4-8-12-32/h3-14,17-18,25,35-37H,1,15-16,19-24,26H2,2H3/t35-,36+,37-,39-,40+/m0/s1. The van der Waals surface area contributed by atoms with Gasteiger partial charge in [-0.1, -0.05) is 104 Å². The van der Waals surface area contributed by atoms with Crippen molar-refractivity contribution in [1.29, 1.82) is 0 Å². The average molecular weight is 601 g/mol. The number of ether oxygens (including phenoxy) is 1. The van der Waals surface area contributed by atoms with Crippen LogP contribution in [-0.4, -0.2) is 18.0 Å². The lowest BCUT2D eigenvalue weighted by molar-refractivity contribution is -0.114. The molecule has 4 heteroatoms. The second kappa shape index (κ2) is 10.4. The van der Waals surface area contributed by atoms with Gasteiger partial charge in [0, 0.05) is 33.7 Å². The van der Waals surface area contributed by atoms with Crippen molar-refractivity contribution in [2.75, 3.05) is 6.61 Å². The molecule has 5 atom stereocenters. The molecule has 0 bridgehead atoms. The molecule has 0 amide bonds. The van der Waals surface area contributed by atoms with Crippen LogP contribution in [0.2, 0.25) is 0 Å². The summed E-state index contributed by atoms with van der Waals surface area (Å²) in [5, 5.41) is 2.58. The van der Waals surface area contributed by atoms with E-state index in [2.05, 4.69) is 37.8 Å². The molecule has 0 N–H and O–H groups in total. The maximum Gasteiger partial charge on any atom is 0.171 e. The molecule has 0 aromatic heterocycles. The van der Waals surface area contributed by atoms with Gasteiger partial charge in [-0.25, -0.2) is 0 Å². The first-order valence-corrected chi connectivity index (χ1v) is 18.2. The van der Waals surface area contributed by atoms with E-state index in [1.54, 1.807) is 5.57 Å². The van der Waals surface area contributed by atoms with Crippen LogP contribution in [0.1, 0.15) is 69.8 Å². The zero-order valence-electron chi connectivity index (χ0n) is 25.6. The first kappa shape index (κ1) is 28.2. The van der Waals surface area contributed by atoms with Gasteiger partial charge in [-0.2, -0.15) is 0 Å². The number of hydrogen-bond acceptors (Lipinski definition) is 3. The predicted octanol–water partition coefficient (Wildman–Crippen LogP) is 7.94. The maximum absolute atomic E-state index is 15.1. The molecule has 1 aliphatic heterocycles. The lowest BCUT2D eigenvalue weighted by atomic mass is 9.50. The van der Waals surface area contributed by atoms with Crippen molar-refractivity contribution in [3.8, 4) is 0 Å². The van der Waals surface area contributed by atoms with Gasteiger partial charge in [0.1, 0.15) is 0 Å². The Morgan fingerprint density at radius 1 is 0.818 bits per heavy atom. The molecule has 3 nitrogen and oxygen atoms in total. The fourth-order valence-corrected chi connectivity index (χ4v) is 12.7. The van der Waals surface area contributed by atoms with E-state index >= 15 is 4.57 Å². The number of benzene rings is 3. The third kappa shape index (κ3) is 3.98. The van der Waals surface area contributed by atoms with Crippen LogP contribution in [-0.2, 0) is 14.1 Å². The Kier molecular flexibility index (Phi) is 6.67. The Morgan fingerprint density at radius 2 is 1.48 bits per heavy atom. The smallest absolute Gasteiger partial charge is 0.171 e. The average Bonchev–Trinajstić information content (AvgIpc) is 3.59. The van der Waals surface area contributed by atoms with Crippen molar-refractivity contribution >= 4 is 28.8 Å². The monoisotopic (exact) mass is 600 g/mol. The van der Waals surface area contributed by atoms with Crippen molar-refractivity contribution in [2.24, 2.45) is 17.3 Å². The number of allylic oxidation sites excluding steroid dienone is 4. The van der Waals surface area contributed by atoms with Crippen LogP contribution in [0.5, 0.6) is 0 Å². The van der Waals surface area contributed by atoms with Gasteiger partial charge in [0.05, 0.1) is 12.2 Å². The Labute approximate surface area is 261 Å². The fourth-order valence-electron chi connectivity index (χ4n) is 10.1. The van der Waals surface area contributed by atoms with E-state index in [1.807, 2.05) is 66.7 Å². The number of rotatable bonds is 4. The summed E-state index contributed by atoms with van der Waals surface area (Å²) >= 11 is 0. The topological polar surface area (TPSA) is 43.4 Å². The van der Waals surface area contributed by atoms with E-state index in [4.69, 9.17) is 4.74 Å². The summed E-state index contributed by atoms with van der Waals surface area (Å²) < 4.78 is 21.8. The first-order chi connectivity index (χ1) is 21.3. The molecule has 224 valence electrons. The van der Waals surface area contributed by atoms with Crippen LogP contribution >= 0.6 is 7.14 Å². The summed E-state index contributed by atoms with van der Waals surface area (Å²) in [4.78, 5) is 12.5. The molecule has 44 heavy (non-hydrogen) atoms. The number of fused-ring (bicyclic) bond motifs is 5. The van der Waals surface area contributed by atoms with E-state index in [0.29, 0.717) is 18.3 Å². The molecule has 1 spiro atoms. The normalized spacial score (nSPS) is 31.5. The molecule has 0 radical (unpaired) electrons. The number of carbonyl (C=O) groups is 1. The van der Waals surface area contributed by atoms with Crippen molar-refractivity contribution in [3.63, 3.8) is 0 Å². The van der Waals surface area contributed by atoms with Crippen molar-refractivity contribution < 1.29 is 14.1 Å². The van der Waals surface area contributed by atoms with E-state index in [0.717, 1.165) is 61.0 Å². The van der Waals surface area contributed by atoms with Crippen LogP contribution in [0.15, 0.2) is 120 Å². The van der Waals surface area contributed by atoms with Gasteiger partial charge in [0.15, 0.2) is 12.9 Å². The van der Waals surface area contributed by atoms with Crippen LogP contribution in [0.3, 0.4) is 0 Å². The largest absolute Gasteiger partial charge is 0.370 e. The highest BCUT2D eigenvalue weighted by Crippen LogP contribution is 2.70. The molecular weight excluding hydrogens is 559 g/mol. The maximum atomic E-state index is 15.1. The van der Waals surface area contributed by atoms with E-state index in [1.165, 1.54) is 28.7 Å². The molecule has 1 heterocycles. The molecule has 0 unspecified atom stereocenters. The summed E-state index contributed by atoms with van der Waals surface area (Å²) in [6, 6.07) is 28.6. The highest BCUT2D eigenvalue weighted by Gasteiger charge is 2.66. The Morgan fingerprint density at radius 3 is 2.11 bits per heavy atom. The van der Waals surface area contributed by atoms with Crippen molar-refractivity contribution in [2.45, 2.75) is 69.8 Å². The second-order valence-corrected chi connectivity index (χ2v) is 16.7. The van der Waals surface area contributed by atoms with Gasteiger partial charge in [-0.15, -0.1) is 0 Å². The zero-order valence-corrected chi connectivity index (χ0v) is 26.5. The minimum absolute atomic E-state index is 0.00766. The predicted molar refractivity (Wildman–Crippen MR) is 179 cm³/mol. The van der Waals surface area contributed by atoms with Crippen LogP contribution in [0.4, 0.5) is 0 Å². The molecule has 2 saturated carbocycles. The van der Waals surface area contributed by atoms with Gasteiger partial charge in [0.25, 0.3) is 0 Å². The minimum atomic E-state index is -3.05. The highest BCUT2D eigenvalue weighted by molar-refractivity contribution is 7.85. The van der Waals surface area contributed by atoms with E-state index in [-0.39, 0.29) is 22.7 Å². The quantitative estimate of drug-likeness (QED) is 0.226. The van der Waals surface area contributed by atoms with Gasteiger partial charge < -0.3 is 9.30 Å². The van der Waals surface area contributed by atoms with Crippen LogP contribution < -0.4 is 15.9 Å². The third-order valence-corrected chi connectivity index (χ3v) is 15.2. The number of carbonyl (C=O) groups excluding carboxylic acids is 1. The molecule has 8 rings (SSSR count). The minimum Gasteiger partial charge on any atom is -0.370 e. The number of hydrogen-bond donors (Lipinski definition) is 0.